The van der Waals surface area contributed by atoms with Crippen molar-refractivity contribution >= 4 is 5.97 Å². The number of carboxylic acids is 1. The van der Waals surface area contributed by atoms with Crippen LogP contribution in [-0.4, -0.2) is 15.6 Å². The number of halogens is 1. The lowest BCUT2D eigenvalue weighted by Crippen LogP contribution is -3.00. The van der Waals surface area contributed by atoms with Crippen LogP contribution >= 0.6 is 0 Å². The number of aliphatic carboxylic acids is 1. The molecule has 134 valence electrons. The van der Waals surface area contributed by atoms with Gasteiger partial charge >= 0.3 is 5.97 Å². The molecule has 0 amide bonds. The highest BCUT2D eigenvalue weighted by molar-refractivity contribution is 5.64. The molecule has 0 aromatic carbocycles. The predicted octanol–water partition coefficient (Wildman–Crippen LogP) is 1.09. The van der Waals surface area contributed by atoms with Crippen molar-refractivity contribution in [2.75, 3.05) is 0 Å². The molecule has 1 rings (SSSR count). The van der Waals surface area contributed by atoms with Crippen LogP contribution in [0.25, 0.3) is 0 Å². The Labute approximate surface area is 147 Å². The van der Waals surface area contributed by atoms with E-state index in [0.29, 0.717) is 0 Å². The van der Waals surface area contributed by atoms with Crippen molar-refractivity contribution < 1.29 is 26.9 Å². The maximum Gasteiger partial charge on any atom is 0.346 e. The average Bonchev–Trinajstić information content (AvgIpc) is 2.81. The molecule has 0 aliphatic rings. The molecular weight excluding hydrogens is 312 g/mol. The molecule has 0 bridgehead atoms. The Bertz CT molecular complexity index is 433. The number of hydrogen-bond donors (Lipinski definition) is 1. The van der Waals surface area contributed by atoms with Gasteiger partial charge in [-0.15, -0.1) is 0 Å². The fourth-order valence-corrected chi connectivity index (χ4v) is 2.86. The molecule has 4 nitrogen and oxygen atoms in total. The van der Waals surface area contributed by atoms with Crippen LogP contribution in [0, 0.1) is 6.92 Å². The van der Waals surface area contributed by atoms with Crippen molar-refractivity contribution in [3.8, 4) is 0 Å². The van der Waals surface area contributed by atoms with Gasteiger partial charge in [0.05, 0.1) is 6.54 Å². The van der Waals surface area contributed by atoms with Crippen LogP contribution in [0.3, 0.4) is 0 Å². The van der Waals surface area contributed by atoms with Crippen LogP contribution in [0.1, 0.15) is 77.0 Å². The van der Waals surface area contributed by atoms with Crippen LogP contribution in [0.15, 0.2) is 12.4 Å². The van der Waals surface area contributed by atoms with Gasteiger partial charge in [-0.1, -0.05) is 58.3 Å². The standard InChI is InChI=1S/C18H32N2O2.ClH/c1-3-4-5-6-7-8-9-10-11-12-13-19-14-15-20(17(19)2)16-18(21)22;/h14-15H,3-13,16H2,1-2H3;1H. The first-order valence-electron chi connectivity index (χ1n) is 8.92. The number of hydrogen-bond acceptors (Lipinski definition) is 1. The van der Waals surface area contributed by atoms with E-state index < -0.39 is 5.97 Å². The second-order valence-electron chi connectivity index (χ2n) is 6.24. The molecule has 0 atom stereocenters. The second-order valence-corrected chi connectivity index (χ2v) is 6.24. The SMILES string of the molecule is CCCCCCCCCCCCn1cc[n+](CC(=O)O)c1C.[Cl-]. The number of nitrogens with zero attached hydrogens (tertiary/aromatic N) is 2. The van der Waals surface area contributed by atoms with Crippen LogP contribution in [0.2, 0.25) is 0 Å². The lowest BCUT2D eigenvalue weighted by molar-refractivity contribution is -0.691. The van der Waals surface area contributed by atoms with Gasteiger partial charge in [0.2, 0.25) is 0 Å². The summed E-state index contributed by atoms with van der Waals surface area (Å²) in [7, 11) is 0. The van der Waals surface area contributed by atoms with Crippen molar-refractivity contribution in [1.29, 1.82) is 0 Å². The molecule has 1 heterocycles. The van der Waals surface area contributed by atoms with Gasteiger partial charge in [0.1, 0.15) is 12.4 Å². The van der Waals surface area contributed by atoms with Crippen LogP contribution in [0.4, 0.5) is 0 Å². The van der Waals surface area contributed by atoms with E-state index in [9.17, 15) is 4.79 Å². The summed E-state index contributed by atoms with van der Waals surface area (Å²) in [5.41, 5.74) is 0. The summed E-state index contributed by atoms with van der Waals surface area (Å²) in [6.45, 7) is 5.29. The van der Waals surface area contributed by atoms with Crippen molar-refractivity contribution in [2.24, 2.45) is 0 Å². The van der Waals surface area contributed by atoms with Crippen molar-refractivity contribution in [3.63, 3.8) is 0 Å². The first-order chi connectivity index (χ1) is 10.6. The Kier molecular flexibility index (Phi) is 12.8. The van der Waals surface area contributed by atoms with Crippen LogP contribution in [0.5, 0.6) is 0 Å². The van der Waals surface area contributed by atoms with E-state index in [1.165, 1.54) is 64.2 Å². The van der Waals surface area contributed by atoms with Crippen LogP contribution < -0.4 is 17.0 Å². The lowest BCUT2D eigenvalue weighted by atomic mass is 10.1. The van der Waals surface area contributed by atoms with E-state index in [4.69, 9.17) is 5.11 Å². The molecule has 0 aliphatic heterocycles. The number of rotatable bonds is 13. The van der Waals surface area contributed by atoms with Gasteiger partial charge in [0.25, 0.3) is 5.82 Å². The molecule has 0 radical (unpaired) electrons. The quantitative estimate of drug-likeness (QED) is 0.430. The summed E-state index contributed by atoms with van der Waals surface area (Å²) < 4.78 is 3.95. The molecule has 0 saturated carbocycles. The van der Waals surface area contributed by atoms with Gasteiger partial charge in [-0.05, 0) is 12.8 Å². The number of unbranched alkanes of at least 4 members (excludes halogenated alkanes) is 9. The molecule has 0 aliphatic carbocycles. The number of aromatic nitrogens is 2. The van der Waals surface area contributed by atoms with Crippen LogP contribution in [-0.2, 0) is 17.9 Å². The molecule has 1 N–H and O–H groups in total. The normalized spacial score (nSPS) is 10.5. The van der Waals surface area contributed by atoms with Gasteiger partial charge in [0.15, 0.2) is 6.54 Å². The van der Waals surface area contributed by atoms with Gasteiger partial charge < -0.3 is 17.5 Å². The first kappa shape index (κ1) is 22.0. The van der Waals surface area contributed by atoms with E-state index >= 15 is 0 Å². The maximum atomic E-state index is 10.7. The number of carbonyl (C=O) groups is 1. The third kappa shape index (κ3) is 9.65. The minimum absolute atomic E-state index is 0. The first-order valence-corrected chi connectivity index (χ1v) is 8.92. The zero-order chi connectivity index (χ0) is 16.2. The fourth-order valence-electron chi connectivity index (χ4n) is 2.86. The summed E-state index contributed by atoms with van der Waals surface area (Å²) >= 11 is 0. The minimum atomic E-state index is -0.787. The van der Waals surface area contributed by atoms with E-state index in [-0.39, 0.29) is 19.0 Å². The Morgan fingerprint density at radius 3 is 2.09 bits per heavy atom. The molecule has 1 aromatic rings. The molecule has 5 heteroatoms. The summed E-state index contributed by atoms with van der Waals surface area (Å²) in [6.07, 6.45) is 17.3. The smallest absolute Gasteiger partial charge is 0.346 e. The Morgan fingerprint density at radius 1 is 1.04 bits per heavy atom. The third-order valence-electron chi connectivity index (χ3n) is 4.32. The third-order valence-corrected chi connectivity index (χ3v) is 4.32. The van der Waals surface area contributed by atoms with E-state index in [1.807, 2.05) is 19.3 Å². The maximum absolute atomic E-state index is 10.7. The zero-order valence-corrected chi connectivity index (χ0v) is 15.5. The van der Waals surface area contributed by atoms with E-state index in [1.54, 1.807) is 4.57 Å². The Morgan fingerprint density at radius 2 is 1.57 bits per heavy atom. The zero-order valence-electron chi connectivity index (χ0n) is 14.8. The largest absolute Gasteiger partial charge is 1.00 e. The number of imidazole rings is 1. The highest BCUT2D eigenvalue weighted by Crippen LogP contribution is 2.11. The van der Waals surface area contributed by atoms with Gasteiger partial charge in [0, 0.05) is 6.92 Å². The predicted molar refractivity (Wildman–Crippen MR) is 88.8 cm³/mol. The molecule has 0 fully saturated rings. The second kappa shape index (κ2) is 13.4. The molecular formula is C18H33ClN2O2. The van der Waals surface area contributed by atoms with Crippen molar-refractivity contribution in [1.82, 2.24) is 4.57 Å². The molecule has 1 aromatic heterocycles. The van der Waals surface area contributed by atoms with Gasteiger partial charge in [-0.3, -0.25) is 0 Å². The molecule has 0 saturated heterocycles. The fraction of sp³-hybridized carbons (Fsp3) is 0.778. The highest BCUT2D eigenvalue weighted by atomic mass is 35.5. The number of aryl methyl sites for hydroxylation is 1. The summed E-state index contributed by atoms with van der Waals surface area (Å²) in [4.78, 5) is 10.7. The molecule has 0 unspecified atom stereocenters. The van der Waals surface area contributed by atoms with E-state index in [2.05, 4.69) is 11.5 Å². The Hall–Kier alpha value is -1.03. The van der Waals surface area contributed by atoms with E-state index in [0.717, 1.165) is 12.4 Å². The average molecular weight is 345 g/mol. The van der Waals surface area contributed by atoms with Gasteiger partial charge in [-0.25, -0.2) is 13.9 Å². The summed E-state index contributed by atoms with van der Waals surface area (Å²) in [5, 5.41) is 8.84. The summed E-state index contributed by atoms with van der Waals surface area (Å²) in [5.74, 6) is 0.239. The topological polar surface area (TPSA) is 46.1 Å². The van der Waals surface area contributed by atoms with Gasteiger partial charge in [-0.2, -0.15) is 0 Å². The van der Waals surface area contributed by atoms with Crippen molar-refractivity contribution in [3.05, 3.63) is 18.2 Å². The minimum Gasteiger partial charge on any atom is -1.00 e. The Balaban J connectivity index is 0.00000484. The molecule has 23 heavy (non-hydrogen) atoms. The highest BCUT2D eigenvalue weighted by Gasteiger charge is 2.13. The number of carboxylic acid groups (broad SMARTS) is 1. The van der Waals surface area contributed by atoms with Crippen molar-refractivity contribution in [2.45, 2.75) is 91.1 Å². The lowest BCUT2D eigenvalue weighted by Gasteiger charge is -2.02. The molecule has 0 spiro atoms. The summed E-state index contributed by atoms with van der Waals surface area (Å²) in [6, 6.07) is 0. The monoisotopic (exact) mass is 344 g/mol.